The molecule has 2 aromatic carbocycles. The van der Waals surface area contributed by atoms with Gasteiger partial charge < -0.3 is 9.30 Å². The number of hydrogen-bond acceptors (Lipinski definition) is 5. The molecular weight excluding hydrogens is 412 g/mol. The van der Waals surface area contributed by atoms with Crippen LogP contribution in [0.2, 0.25) is 5.02 Å². The van der Waals surface area contributed by atoms with Crippen LogP contribution in [-0.2, 0) is 20.9 Å². The van der Waals surface area contributed by atoms with E-state index in [2.05, 4.69) is 0 Å². The molecule has 2 heterocycles. The van der Waals surface area contributed by atoms with Gasteiger partial charge in [-0.1, -0.05) is 41.9 Å². The van der Waals surface area contributed by atoms with Crippen molar-refractivity contribution in [1.29, 1.82) is 0 Å². The lowest BCUT2D eigenvalue weighted by molar-refractivity contribution is -0.141. The van der Waals surface area contributed by atoms with Gasteiger partial charge in [-0.15, -0.1) is 0 Å². The highest BCUT2D eigenvalue weighted by Crippen LogP contribution is 2.39. The number of benzene rings is 2. The number of nitrogens with zero attached hydrogens (tertiary/aromatic N) is 2. The highest BCUT2D eigenvalue weighted by atomic mass is 35.5. The number of carbonyl (C=O) groups is 3. The summed E-state index contributed by atoms with van der Waals surface area (Å²) in [4.78, 5) is 38.5. The molecule has 0 spiro atoms. The first-order chi connectivity index (χ1) is 14.0. The fraction of sp³-hybridized carbons (Fsp3) is 0.0952. The van der Waals surface area contributed by atoms with Gasteiger partial charge in [0.25, 0.3) is 11.1 Å². The lowest BCUT2D eigenvalue weighted by Gasteiger charge is -2.13. The van der Waals surface area contributed by atoms with Crippen molar-refractivity contribution in [2.24, 2.45) is 0 Å². The van der Waals surface area contributed by atoms with E-state index in [9.17, 15) is 14.4 Å². The Balaban J connectivity index is 1.74. The van der Waals surface area contributed by atoms with Crippen molar-refractivity contribution in [2.45, 2.75) is 6.54 Å². The fourth-order valence-electron chi connectivity index (χ4n) is 3.17. The average Bonchev–Trinajstić information content (AvgIpc) is 3.20. The lowest BCUT2D eigenvalue weighted by Crippen LogP contribution is -2.27. The number of esters is 1. The molecule has 0 saturated carbocycles. The fourth-order valence-corrected chi connectivity index (χ4v) is 4.22. The predicted molar refractivity (Wildman–Crippen MR) is 114 cm³/mol. The van der Waals surface area contributed by atoms with E-state index in [1.54, 1.807) is 41.1 Å². The Bertz CT molecular complexity index is 1180. The van der Waals surface area contributed by atoms with Crippen molar-refractivity contribution in [3.8, 4) is 0 Å². The van der Waals surface area contributed by atoms with Gasteiger partial charge in [0.2, 0.25) is 0 Å². The van der Waals surface area contributed by atoms with Gasteiger partial charge in [0.05, 0.1) is 22.7 Å². The second-order valence-electron chi connectivity index (χ2n) is 6.27. The molecule has 1 saturated heterocycles. The summed E-state index contributed by atoms with van der Waals surface area (Å²) in [6.07, 6.45) is 3.43. The first-order valence-electron chi connectivity index (χ1n) is 8.67. The minimum Gasteiger partial charge on any atom is -0.468 e. The first kappa shape index (κ1) is 19.3. The van der Waals surface area contributed by atoms with Crippen LogP contribution in [0.3, 0.4) is 0 Å². The molecule has 6 nitrogen and oxygen atoms in total. The molecule has 4 rings (SSSR count). The minimum absolute atomic E-state index is 0.0476. The number of aromatic nitrogens is 1. The average molecular weight is 427 g/mol. The van der Waals surface area contributed by atoms with Crippen LogP contribution < -0.4 is 4.90 Å². The number of para-hydroxylation sites is 2. The quantitative estimate of drug-likeness (QED) is 0.446. The minimum atomic E-state index is -0.433. The van der Waals surface area contributed by atoms with Crippen LogP contribution in [0.4, 0.5) is 10.5 Å². The molecule has 0 N–H and O–H groups in total. The number of ether oxygens (including phenoxy) is 1. The highest BCUT2D eigenvalue weighted by Gasteiger charge is 2.37. The SMILES string of the molecule is COC(=O)Cn1cc(/C=C2\SC(=O)N(c3ccccc3Cl)C2=O)c2ccccc21. The summed E-state index contributed by atoms with van der Waals surface area (Å²) >= 11 is 7.02. The summed E-state index contributed by atoms with van der Waals surface area (Å²) in [6.45, 7) is 0.0476. The Kier molecular flexibility index (Phi) is 5.17. The van der Waals surface area contributed by atoms with Gasteiger partial charge in [-0.2, -0.15) is 0 Å². The Morgan fingerprint density at radius 1 is 1.14 bits per heavy atom. The molecule has 2 amide bonds. The van der Waals surface area contributed by atoms with Crippen LogP contribution in [0.15, 0.2) is 59.6 Å². The van der Waals surface area contributed by atoms with Gasteiger partial charge in [0, 0.05) is 22.7 Å². The molecule has 29 heavy (non-hydrogen) atoms. The Morgan fingerprint density at radius 3 is 2.62 bits per heavy atom. The topological polar surface area (TPSA) is 68.6 Å². The van der Waals surface area contributed by atoms with Crippen LogP contribution >= 0.6 is 23.4 Å². The first-order valence-corrected chi connectivity index (χ1v) is 9.86. The third-order valence-electron chi connectivity index (χ3n) is 4.52. The number of methoxy groups -OCH3 is 1. The van der Waals surface area contributed by atoms with Crippen molar-refractivity contribution in [3.05, 3.63) is 70.2 Å². The van der Waals surface area contributed by atoms with Crippen molar-refractivity contribution >= 4 is 63.1 Å². The summed E-state index contributed by atoms with van der Waals surface area (Å²) in [5, 5.41) is 0.777. The summed E-state index contributed by atoms with van der Waals surface area (Å²) in [5.74, 6) is -0.811. The third-order valence-corrected chi connectivity index (χ3v) is 5.71. The lowest BCUT2D eigenvalue weighted by atomic mass is 10.1. The number of hydrogen-bond donors (Lipinski definition) is 0. The van der Waals surface area contributed by atoms with Crippen LogP contribution in [0.1, 0.15) is 5.56 Å². The maximum atomic E-state index is 12.9. The summed E-state index contributed by atoms with van der Waals surface area (Å²) in [5.41, 5.74) is 1.91. The van der Waals surface area contributed by atoms with Gasteiger partial charge in [0.1, 0.15) is 6.54 Å². The van der Waals surface area contributed by atoms with E-state index in [-0.39, 0.29) is 17.4 Å². The molecule has 0 bridgehead atoms. The molecular formula is C21H15ClN2O4S. The number of amides is 2. The van der Waals surface area contributed by atoms with E-state index in [0.29, 0.717) is 10.7 Å². The van der Waals surface area contributed by atoms with E-state index in [1.165, 1.54) is 7.11 Å². The highest BCUT2D eigenvalue weighted by molar-refractivity contribution is 8.19. The zero-order valence-electron chi connectivity index (χ0n) is 15.3. The van der Waals surface area contributed by atoms with Crippen LogP contribution in [0, 0.1) is 0 Å². The van der Waals surface area contributed by atoms with Crippen LogP contribution in [0.25, 0.3) is 17.0 Å². The van der Waals surface area contributed by atoms with E-state index in [4.69, 9.17) is 16.3 Å². The van der Waals surface area contributed by atoms with Crippen LogP contribution in [0.5, 0.6) is 0 Å². The number of halogens is 1. The summed E-state index contributed by atoms with van der Waals surface area (Å²) in [7, 11) is 1.33. The smallest absolute Gasteiger partial charge is 0.325 e. The van der Waals surface area contributed by atoms with E-state index < -0.39 is 11.1 Å². The van der Waals surface area contributed by atoms with E-state index in [1.807, 2.05) is 24.3 Å². The van der Waals surface area contributed by atoms with Gasteiger partial charge in [-0.05, 0) is 36.0 Å². The standard InChI is InChI=1S/C21H15ClN2O4S/c1-28-19(25)12-23-11-13(14-6-2-4-8-16(14)23)10-18-20(26)24(21(27)29-18)17-9-5-3-7-15(17)22/h2-11H,12H2,1H3/b18-10-. The monoisotopic (exact) mass is 426 g/mol. The summed E-state index contributed by atoms with van der Waals surface area (Å²) < 4.78 is 6.51. The van der Waals surface area contributed by atoms with Crippen LogP contribution in [-0.4, -0.2) is 28.8 Å². The normalized spacial score (nSPS) is 15.5. The molecule has 0 radical (unpaired) electrons. The van der Waals surface area contributed by atoms with Gasteiger partial charge >= 0.3 is 5.97 Å². The Morgan fingerprint density at radius 2 is 1.86 bits per heavy atom. The maximum absolute atomic E-state index is 12.9. The number of rotatable bonds is 4. The number of anilines is 1. The van der Waals surface area contributed by atoms with Gasteiger partial charge in [-0.3, -0.25) is 14.4 Å². The Hall–Kier alpha value is -3.03. The molecule has 3 aromatic rings. The molecule has 0 aliphatic carbocycles. The third kappa shape index (κ3) is 3.54. The van der Waals surface area contributed by atoms with Crippen molar-refractivity contribution in [2.75, 3.05) is 12.0 Å². The number of fused-ring (bicyclic) bond motifs is 1. The molecule has 0 unspecified atom stereocenters. The van der Waals surface area contributed by atoms with Gasteiger partial charge in [0.15, 0.2) is 0 Å². The molecule has 0 atom stereocenters. The molecule has 146 valence electrons. The Labute approximate surface area is 175 Å². The van der Waals surface area contributed by atoms with Crippen molar-refractivity contribution < 1.29 is 19.1 Å². The number of thioether (sulfide) groups is 1. The second-order valence-corrected chi connectivity index (χ2v) is 7.67. The van der Waals surface area contributed by atoms with E-state index in [0.717, 1.165) is 33.1 Å². The molecule has 1 fully saturated rings. The zero-order valence-corrected chi connectivity index (χ0v) is 16.9. The van der Waals surface area contributed by atoms with Gasteiger partial charge in [-0.25, -0.2) is 4.90 Å². The molecule has 1 aliphatic heterocycles. The maximum Gasteiger partial charge on any atom is 0.325 e. The van der Waals surface area contributed by atoms with Crippen molar-refractivity contribution in [1.82, 2.24) is 4.57 Å². The van der Waals surface area contributed by atoms with E-state index >= 15 is 0 Å². The zero-order chi connectivity index (χ0) is 20.5. The number of imide groups is 1. The predicted octanol–water partition coefficient (Wildman–Crippen LogP) is 4.71. The number of carbonyl (C=O) groups excluding carboxylic acids is 3. The molecule has 1 aromatic heterocycles. The largest absolute Gasteiger partial charge is 0.468 e. The second kappa shape index (κ2) is 7.77. The molecule has 1 aliphatic rings. The van der Waals surface area contributed by atoms with Crippen molar-refractivity contribution in [3.63, 3.8) is 0 Å². The summed E-state index contributed by atoms with van der Waals surface area (Å²) in [6, 6.07) is 14.2. The molecule has 8 heteroatoms.